The molecule has 0 saturated heterocycles. The van der Waals surface area contributed by atoms with Crippen molar-refractivity contribution in [3.63, 3.8) is 0 Å². The van der Waals surface area contributed by atoms with Crippen molar-refractivity contribution >= 4 is 5.91 Å². The van der Waals surface area contributed by atoms with Crippen LogP contribution in [0, 0.1) is 5.82 Å². The summed E-state index contributed by atoms with van der Waals surface area (Å²) < 4.78 is 13.9. The molecule has 2 aromatic rings. The van der Waals surface area contributed by atoms with Gasteiger partial charge in [-0.3, -0.25) is 9.59 Å². The van der Waals surface area contributed by atoms with Crippen molar-refractivity contribution in [1.82, 2.24) is 9.97 Å². The summed E-state index contributed by atoms with van der Waals surface area (Å²) in [5.74, 6) is -1.71. The number of amides is 1. The lowest BCUT2D eigenvalue weighted by Gasteiger charge is -2.04. The van der Waals surface area contributed by atoms with E-state index in [4.69, 9.17) is 5.73 Å². The summed E-state index contributed by atoms with van der Waals surface area (Å²) in [6.07, 6.45) is 2.42. The number of carbonyl (C=O) groups is 1. The van der Waals surface area contributed by atoms with E-state index in [-0.39, 0.29) is 16.7 Å². The Bertz CT molecular complexity index is 637. The van der Waals surface area contributed by atoms with Gasteiger partial charge in [0, 0.05) is 11.8 Å². The van der Waals surface area contributed by atoms with Gasteiger partial charge in [-0.25, -0.2) is 9.37 Å². The summed E-state index contributed by atoms with van der Waals surface area (Å²) >= 11 is 0. The first-order valence-corrected chi connectivity index (χ1v) is 4.72. The number of nitrogens with two attached hydrogens (primary N) is 1. The summed E-state index contributed by atoms with van der Waals surface area (Å²) in [7, 11) is 0. The fourth-order valence-corrected chi connectivity index (χ4v) is 1.47. The molecule has 0 spiro atoms. The lowest BCUT2D eigenvalue weighted by atomic mass is 10.0. The van der Waals surface area contributed by atoms with E-state index < -0.39 is 17.3 Å². The molecule has 1 amide bonds. The van der Waals surface area contributed by atoms with E-state index in [9.17, 15) is 14.0 Å². The van der Waals surface area contributed by atoms with Crippen molar-refractivity contribution in [2.24, 2.45) is 5.73 Å². The highest BCUT2D eigenvalue weighted by Crippen LogP contribution is 2.21. The molecule has 0 unspecified atom stereocenters. The van der Waals surface area contributed by atoms with Crippen molar-refractivity contribution in [2.75, 3.05) is 0 Å². The highest BCUT2D eigenvalue weighted by molar-refractivity contribution is 5.94. The first-order chi connectivity index (χ1) is 8.11. The van der Waals surface area contributed by atoms with Crippen LogP contribution in [0.3, 0.4) is 0 Å². The summed E-state index contributed by atoms with van der Waals surface area (Å²) in [6.45, 7) is 0. The number of carbonyl (C=O) groups excluding carboxylic acids is 1. The Morgan fingerprint density at radius 3 is 2.76 bits per heavy atom. The number of hydrogen-bond acceptors (Lipinski definition) is 3. The highest BCUT2D eigenvalue weighted by atomic mass is 19.1. The quantitative estimate of drug-likeness (QED) is 0.799. The van der Waals surface area contributed by atoms with Crippen LogP contribution in [0.1, 0.15) is 10.4 Å². The minimum absolute atomic E-state index is 0.00403. The summed E-state index contributed by atoms with van der Waals surface area (Å²) in [4.78, 5) is 28.5. The molecule has 86 valence electrons. The summed E-state index contributed by atoms with van der Waals surface area (Å²) in [5.41, 5.74) is 4.32. The van der Waals surface area contributed by atoms with Gasteiger partial charge in [0.2, 0.25) is 0 Å². The van der Waals surface area contributed by atoms with Gasteiger partial charge in [-0.2, -0.15) is 0 Å². The third kappa shape index (κ3) is 1.92. The van der Waals surface area contributed by atoms with Gasteiger partial charge in [0.15, 0.2) is 0 Å². The maximum absolute atomic E-state index is 13.9. The number of hydrogen-bond donors (Lipinski definition) is 2. The Morgan fingerprint density at radius 1 is 1.35 bits per heavy atom. The van der Waals surface area contributed by atoms with Crippen LogP contribution >= 0.6 is 0 Å². The van der Waals surface area contributed by atoms with Gasteiger partial charge >= 0.3 is 0 Å². The van der Waals surface area contributed by atoms with E-state index in [1.165, 1.54) is 30.7 Å². The average Bonchev–Trinajstić information content (AvgIpc) is 2.30. The Hall–Kier alpha value is -2.50. The number of aromatic amines is 1. The van der Waals surface area contributed by atoms with Crippen LogP contribution in [0.25, 0.3) is 11.1 Å². The van der Waals surface area contributed by atoms with Crippen molar-refractivity contribution in [1.29, 1.82) is 0 Å². The molecular weight excluding hydrogens is 225 g/mol. The molecule has 1 aromatic heterocycles. The van der Waals surface area contributed by atoms with Gasteiger partial charge in [0.1, 0.15) is 5.82 Å². The number of halogens is 1. The number of aromatic nitrogens is 2. The van der Waals surface area contributed by atoms with Crippen LogP contribution in [-0.2, 0) is 0 Å². The molecule has 0 fully saturated rings. The number of nitrogens with zero attached hydrogens (tertiary/aromatic N) is 1. The zero-order chi connectivity index (χ0) is 12.4. The fourth-order valence-electron chi connectivity index (χ4n) is 1.47. The number of rotatable bonds is 2. The second-order valence-electron chi connectivity index (χ2n) is 3.33. The smallest absolute Gasteiger partial charge is 0.258 e. The van der Waals surface area contributed by atoms with Crippen LogP contribution in [0.4, 0.5) is 4.39 Å². The van der Waals surface area contributed by atoms with Gasteiger partial charge in [0.25, 0.3) is 11.5 Å². The molecular formula is C11H8FN3O2. The molecule has 0 saturated carbocycles. The zero-order valence-electron chi connectivity index (χ0n) is 8.61. The topological polar surface area (TPSA) is 88.8 Å². The first-order valence-electron chi connectivity index (χ1n) is 4.72. The standard InChI is InChI=1S/C11H8FN3O2/c12-9-6(2-1-3-7(9)10(13)16)8-4-14-5-15-11(8)17/h1-5H,(H2,13,16)(H,14,15,17). The van der Waals surface area contributed by atoms with E-state index >= 15 is 0 Å². The minimum atomic E-state index is -0.885. The van der Waals surface area contributed by atoms with Crippen LogP contribution in [0.5, 0.6) is 0 Å². The molecule has 0 bridgehead atoms. The van der Waals surface area contributed by atoms with Crippen molar-refractivity contribution in [2.45, 2.75) is 0 Å². The molecule has 0 atom stereocenters. The second-order valence-corrected chi connectivity index (χ2v) is 3.33. The van der Waals surface area contributed by atoms with Gasteiger partial charge in [-0.15, -0.1) is 0 Å². The predicted molar refractivity (Wildman–Crippen MR) is 58.8 cm³/mol. The Balaban J connectivity index is 2.70. The molecule has 0 aliphatic rings. The normalized spacial score (nSPS) is 10.2. The molecule has 0 aliphatic heterocycles. The molecule has 1 aromatic carbocycles. The number of primary amides is 1. The molecule has 1 heterocycles. The fraction of sp³-hybridized carbons (Fsp3) is 0. The van der Waals surface area contributed by atoms with E-state index in [0.717, 1.165) is 0 Å². The average molecular weight is 233 g/mol. The van der Waals surface area contributed by atoms with Gasteiger partial charge < -0.3 is 10.7 Å². The molecule has 17 heavy (non-hydrogen) atoms. The van der Waals surface area contributed by atoms with Crippen molar-refractivity contribution in [3.05, 3.63) is 52.5 Å². The predicted octanol–water partition coefficient (Wildman–Crippen LogP) is 0.675. The zero-order valence-corrected chi connectivity index (χ0v) is 8.61. The molecule has 3 N–H and O–H groups in total. The monoisotopic (exact) mass is 233 g/mol. The Labute approximate surface area is 95.1 Å². The molecule has 2 rings (SSSR count). The van der Waals surface area contributed by atoms with Crippen molar-refractivity contribution in [3.8, 4) is 11.1 Å². The maximum Gasteiger partial charge on any atom is 0.258 e. The van der Waals surface area contributed by atoms with Crippen LogP contribution in [0.2, 0.25) is 0 Å². The first kappa shape index (κ1) is 11.0. The molecule has 5 nitrogen and oxygen atoms in total. The summed E-state index contributed by atoms with van der Waals surface area (Å²) in [6, 6.07) is 4.09. The van der Waals surface area contributed by atoms with Gasteiger partial charge in [0.05, 0.1) is 17.5 Å². The van der Waals surface area contributed by atoms with E-state index in [0.29, 0.717) is 0 Å². The SMILES string of the molecule is NC(=O)c1cccc(-c2cnc[nH]c2=O)c1F. The largest absolute Gasteiger partial charge is 0.366 e. The van der Waals surface area contributed by atoms with Gasteiger partial charge in [-0.1, -0.05) is 12.1 Å². The Kier molecular flexibility index (Phi) is 2.70. The van der Waals surface area contributed by atoms with Crippen LogP contribution in [0.15, 0.2) is 35.5 Å². The molecule has 6 heteroatoms. The maximum atomic E-state index is 13.9. The van der Waals surface area contributed by atoms with E-state index in [1.54, 1.807) is 0 Å². The number of H-pyrrole nitrogens is 1. The molecule has 0 radical (unpaired) electrons. The van der Waals surface area contributed by atoms with Crippen molar-refractivity contribution < 1.29 is 9.18 Å². The minimum Gasteiger partial charge on any atom is -0.366 e. The number of nitrogens with one attached hydrogen (secondary N) is 1. The second kappa shape index (κ2) is 4.17. The lowest BCUT2D eigenvalue weighted by molar-refractivity contribution is 0.0996. The third-order valence-electron chi connectivity index (χ3n) is 2.27. The number of benzene rings is 1. The third-order valence-corrected chi connectivity index (χ3v) is 2.27. The highest BCUT2D eigenvalue weighted by Gasteiger charge is 2.15. The van der Waals surface area contributed by atoms with E-state index in [2.05, 4.69) is 9.97 Å². The van der Waals surface area contributed by atoms with Crippen LogP contribution < -0.4 is 11.3 Å². The van der Waals surface area contributed by atoms with E-state index in [1.807, 2.05) is 0 Å². The Morgan fingerprint density at radius 2 is 2.12 bits per heavy atom. The lowest BCUT2D eigenvalue weighted by Crippen LogP contribution is -2.15. The molecule has 0 aliphatic carbocycles. The van der Waals surface area contributed by atoms with Gasteiger partial charge in [-0.05, 0) is 6.07 Å². The van der Waals surface area contributed by atoms with Crippen LogP contribution in [-0.4, -0.2) is 15.9 Å². The summed E-state index contributed by atoms with van der Waals surface area (Å²) in [5, 5.41) is 0.